The minimum absolute atomic E-state index is 0.0731. The summed E-state index contributed by atoms with van der Waals surface area (Å²) in [5, 5.41) is 9.77. The average Bonchev–Trinajstić information content (AvgIpc) is 2.70. The third-order valence-corrected chi connectivity index (χ3v) is 4.67. The van der Waals surface area contributed by atoms with Crippen molar-refractivity contribution in [2.75, 3.05) is 6.54 Å². The lowest BCUT2D eigenvalue weighted by molar-refractivity contribution is -0.137. The maximum Gasteiger partial charge on any atom is 0.323 e. The Kier molecular flexibility index (Phi) is 6.52. The Hall–Kier alpha value is -3.31. The maximum absolute atomic E-state index is 13.2. The van der Waals surface area contributed by atoms with E-state index in [0.717, 1.165) is 5.56 Å². The smallest absolute Gasteiger partial charge is 0.323 e. The third kappa shape index (κ3) is 5.36. The Morgan fingerprint density at radius 3 is 2.31 bits per heavy atom. The molecule has 0 spiro atoms. The molecule has 0 aliphatic rings. The minimum Gasteiger partial charge on any atom is -0.480 e. The van der Waals surface area contributed by atoms with E-state index in [2.05, 4.69) is 0 Å². The molecule has 0 unspecified atom stereocenters. The molecule has 0 fully saturated rings. The number of aliphatic carboxylic acids is 1. The summed E-state index contributed by atoms with van der Waals surface area (Å²) < 4.78 is 5.89. The van der Waals surface area contributed by atoms with E-state index in [0.29, 0.717) is 22.1 Å². The van der Waals surface area contributed by atoms with Crippen molar-refractivity contribution in [3.63, 3.8) is 0 Å². The van der Waals surface area contributed by atoms with Gasteiger partial charge in [0.1, 0.15) is 18.0 Å². The molecular weight excluding hydrogens is 390 g/mol. The summed E-state index contributed by atoms with van der Waals surface area (Å²) >= 11 is 6.20. The maximum atomic E-state index is 13.2. The first-order valence-corrected chi connectivity index (χ1v) is 9.40. The third-order valence-electron chi connectivity index (χ3n) is 4.30. The molecule has 1 amide bonds. The van der Waals surface area contributed by atoms with Gasteiger partial charge in [-0.05, 0) is 42.8 Å². The highest BCUT2D eigenvalue weighted by Crippen LogP contribution is 2.27. The minimum atomic E-state index is -1.11. The van der Waals surface area contributed by atoms with Gasteiger partial charge in [-0.3, -0.25) is 9.59 Å². The quantitative estimate of drug-likeness (QED) is 0.584. The number of amides is 1. The zero-order chi connectivity index (χ0) is 20.8. The van der Waals surface area contributed by atoms with E-state index in [9.17, 15) is 14.7 Å². The number of aryl methyl sites for hydroxylation is 1. The molecule has 3 aromatic rings. The van der Waals surface area contributed by atoms with E-state index < -0.39 is 18.4 Å². The first-order valence-electron chi connectivity index (χ1n) is 9.02. The summed E-state index contributed by atoms with van der Waals surface area (Å²) in [6.07, 6.45) is 0. The number of hydrogen-bond acceptors (Lipinski definition) is 3. The van der Waals surface area contributed by atoms with Gasteiger partial charge in [0, 0.05) is 11.6 Å². The van der Waals surface area contributed by atoms with Crippen LogP contribution in [0.2, 0.25) is 5.02 Å². The van der Waals surface area contributed by atoms with Gasteiger partial charge < -0.3 is 14.7 Å². The van der Waals surface area contributed by atoms with Gasteiger partial charge in [-0.1, -0.05) is 59.6 Å². The van der Waals surface area contributed by atoms with Gasteiger partial charge in [0.2, 0.25) is 0 Å². The summed E-state index contributed by atoms with van der Waals surface area (Å²) in [5.74, 6) is -0.611. The SMILES string of the molecule is Cc1ccc(Oc2ccccc2C(=O)N(CC(=O)O)Cc2ccccc2Cl)cc1. The van der Waals surface area contributed by atoms with Crippen molar-refractivity contribution in [1.82, 2.24) is 4.90 Å². The van der Waals surface area contributed by atoms with Crippen LogP contribution in [0, 0.1) is 6.92 Å². The number of carbonyl (C=O) groups excluding carboxylic acids is 1. The second kappa shape index (κ2) is 9.26. The fraction of sp³-hybridized carbons (Fsp3) is 0.130. The lowest BCUT2D eigenvalue weighted by Gasteiger charge is -2.22. The Morgan fingerprint density at radius 2 is 1.62 bits per heavy atom. The second-order valence-electron chi connectivity index (χ2n) is 6.56. The van der Waals surface area contributed by atoms with E-state index in [-0.39, 0.29) is 12.1 Å². The molecule has 29 heavy (non-hydrogen) atoms. The molecule has 0 radical (unpaired) electrons. The van der Waals surface area contributed by atoms with Crippen molar-refractivity contribution >= 4 is 23.5 Å². The van der Waals surface area contributed by atoms with Gasteiger partial charge in [0.25, 0.3) is 5.91 Å². The topological polar surface area (TPSA) is 66.8 Å². The van der Waals surface area contributed by atoms with Gasteiger partial charge in [-0.15, -0.1) is 0 Å². The van der Waals surface area contributed by atoms with Crippen molar-refractivity contribution in [2.45, 2.75) is 13.5 Å². The fourth-order valence-corrected chi connectivity index (χ4v) is 3.03. The molecule has 1 N–H and O–H groups in total. The van der Waals surface area contributed by atoms with Gasteiger partial charge in [-0.25, -0.2) is 0 Å². The molecule has 0 aliphatic heterocycles. The Balaban J connectivity index is 1.90. The van der Waals surface area contributed by atoms with Gasteiger partial charge in [0.15, 0.2) is 0 Å². The Morgan fingerprint density at radius 1 is 0.966 bits per heavy atom. The number of hydrogen-bond donors (Lipinski definition) is 1. The molecule has 0 heterocycles. The predicted octanol–water partition coefficient (Wildman–Crippen LogP) is 5.17. The lowest BCUT2D eigenvalue weighted by atomic mass is 10.1. The summed E-state index contributed by atoms with van der Waals surface area (Å²) in [6, 6.07) is 21.3. The van der Waals surface area contributed by atoms with Gasteiger partial charge >= 0.3 is 5.97 Å². The van der Waals surface area contributed by atoms with Crippen LogP contribution in [0.1, 0.15) is 21.5 Å². The van der Waals surface area contributed by atoms with Crippen LogP contribution in [-0.4, -0.2) is 28.4 Å². The standard InChI is InChI=1S/C23H20ClNO4/c1-16-10-12-18(13-11-16)29-21-9-5-3-7-19(21)23(28)25(15-22(26)27)14-17-6-2-4-8-20(17)24/h2-13H,14-15H2,1H3,(H,26,27). The van der Waals surface area contributed by atoms with Crippen molar-refractivity contribution in [3.8, 4) is 11.5 Å². The van der Waals surface area contributed by atoms with Crippen molar-refractivity contribution in [3.05, 3.63) is 94.5 Å². The van der Waals surface area contributed by atoms with Crippen molar-refractivity contribution in [1.29, 1.82) is 0 Å². The van der Waals surface area contributed by atoms with Crippen LogP contribution in [0.15, 0.2) is 72.8 Å². The molecule has 5 nitrogen and oxygen atoms in total. The number of nitrogens with zero attached hydrogens (tertiary/aromatic N) is 1. The van der Waals surface area contributed by atoms with Crippen LogP contribution in [0.4, 0.5) is 0 Å². The number of carboxylic acid groups (broad SMARTS) is 1. The summed E-state index contributed by atoms with van der Waals surface area (Å²) in [5.41, 5.74) is 2.04. The van der Waals surface area contributed by atoms with Crippen molar-refractivity contribution in [2.24, 2.45) is 0 Å². The van der Waals surface area contributed by atoms with Crippen LogP contribution in [-0.2, 0) is 11.3 Å². The highest BCUT2D eigenvalue weighted by Gasteiger charge is 2.23. The number of halogens is 1. The zero-order valence-electron chi connectivity index (χ0n) is 15.8. The van der Waals surface area contributed by atoms with E-state index in [1.807, 2.05) is 31.2 Å². The second-order valence-corrected chi connectivity index (χ2v) is 6.96. The normalized spacial score (nSPS) is 10.4. The molecule has 6 heteroatoms. The Bertz CT molecular complexity index is 1020. The summed E-state index contributed by atoms with van der Waals surface area (Å²) in [4.78, 5) is 25.8. The molecule has 3 rings (SSSR count). The number of benzene rings is 3. The number of rotatable bonds is 7. The highest BCUT2D eigenvalue weighted by atomic mass is 35.5. The molecule has 3 aromatic carbocycles. The number of carbonyl (C=O) groups is 2. The molecule has 0 atom stereocenters. The summed E-state index contributed by atoms with van der Waals surface area (Å²) in [6.45, 7) is 1.59. The van der Waals surface area contributed by atoms with Gasteiger partial charge in [0.05, 0.1) is 5.56 Å². The molecule has 0 bridgehead atoms. The molecule has 0 saturated heterocycles. The zero-order valence-corrected chi connectivity index (χ0v) is 16.6. The Labute approximate surface area is 174 Å². The van der Waals surface area contributed by atoms with Crippen LogP contribution in [0.3, 0.4) is 0 Å². The average molecular weight is 410 g/mol. The van der Waals surface area contributed by atoms with Crippen LogP contribution in [0.5, 0.6) is 11.5 Å². The first kappa shape index (κ1) is 20.4. The number of para-hydroxylation sites is 1. The number of ether oxygens (including phenoxy) is 1. The van der Waals surface area contributed by atoms with Crippen LogP contribution in [0.25, 0.3) is 0 Å². The van der Waals surface area contributed by atoms with E-state index in [4.69, 9.17) is 16.3 Å². The highest BCUT2D eigenvalue weighted by molar-refractivity contribution is 6.31. The first-order chi connectivity index (χ1) is 13.9. The molecular formula is C23H20ClNO4. The number of carboxylic acids is 1. The molecule has 148 valence electrons. The van der Waals surface area contributed by atoms with Gasteiger partial charge in [-0.2, -0.15) is 0 Å². The van der Waals surface area contributed by atoms with E-state index >= 15 is 0 Å². The monoisotopic (exact) mass is 409 g/mol. The lowest BCUT2D eigenvalue weighted by Crippen LogP contribution is -2.35. The van der Waals surface area contributed by atoms with E-state index in [1.165, 1.54) is 4.90 Å². The largest absolute Gasteiger partial charge is 0.480 e. The van der Waals surface area contributed by atoms with Crippen molar-refractivity contribution < 1.29 is 19.4 Å². The van der Waals surface area contributed by atoms with Crippen LogP contribution >= 0.6 is 11.6 Å². The molecule has 0 aromatic heterocycles. The van der Waals surface area contributed by atoms with E-state index in [1.54, 1.807) is 48.5 Å². The fourth-order valence-electron chi connectivity index (χ4n) is 2.83. The predicted molar refractivity (Wildman–Crippen MR) is 112 cm³/mol. The molecule has 0 saturated carbocycles. The molecule has 0 aliphatic carbocycles. The van der Waals surface area contributed by atoms with Crippen LogP contribution < -0.4 is 4.74 Å². The summed E-state index contributed by atoms with van der Waals surface area (Å²) in [7, 11) is 0.